The summed E-state index contributed by atoms with van der Waals surface area (Å²) in [7, 11) is 1.19. The van der Waals surface area contributed by atoms with Crippen LogP contribution in [0.4, 0.5) is 0 Å². The van der Waals surface area contributed by atoms with Crippen LogP contribution in [0.3, 0.4) is 0 Å². The molecule has 0 heterocycles. The Morgan fingerprint density at radius 3 is 1.34 bits per heavy atom. The quantitative estimate of drug-likeness (QED) is 0.0212. The van der Waals surface area contributed by atoms with Crippen molar-refractivity contribution in [1.29, 1.82) is 0 Å². The molecule has 0 fully saturated rings. The maximum Gasteiger partial charge on any atom is 0.306 e. The normalized spacial score (nSPS) is 14.0. The van der Waals surface area contributed by atoms with E-state index in [1.807, 2.05) is 33.3 Å². The summed E-state index contributed by atoms with van der Waals surface area (Å²) in [5.41, 5.74) is 0. The highest BCUT2D eigenvalue weighted by atomic mass is 31.2. The van der Waals surface area contributed by atoms with Gasteiger partial charge in [0.05, 0.1) is 33.8 Å². The molecule has 0 saturated heterocycles. The van der Waals surface area contributed by atoms with Crippen molar-refractivity contribution in [3.05, 3.63) is 24.3 Å². The number of amides is 1. The van der Waals surface area contributed by atoms with Crippen LogP contribution in [0.15, 0.2) is 24.3 Å². The number of carbonyl (C=O) groups is 2. The van der Waals surface area contributed by atoms with Crippen molar-refractivity contribution in [1.82, 2.24) is 5.32 Å². The number of phosphoric ester groups is 1. The van der Waals surface area contributed by atoms with Gasteiger partial charge in [-0.25, -0.2) is 0 Å². The third kappa shape index (κ3) is 45.6. The van der Waals surface area contributed by atoms with Gasteiger partial charge in [-0.1, -0.05) is 212 Å². The van der Waals surface area contributed by atoms with Crippen LogP contribution >= 0.6 is 7.82 Å². The van der Waals surface area contributed by atoms with Gasteiger partial charge < -0.3 is 28.5 Å². The van der Waals surface area contributed by atoms with Crippen LogP contribution in [-0.4, -0.2) is 69.4 Å². The first-order chi connectivity index (χ1) is 30.9. The van der Waals surface area contributed by atoms with Gasteiger partial charge in [-0.3, -0.25) is 14.2 Å². The Hall–Kier alpha value is -1.51. The lowest BCUT2D eigenvalue weighted by atomic mass is 10.0. The Morgan fingerprint density at radius 2 is 0.906 bits per heavy atom. The van der Waals surface area contributed by atoms with E-state index in [2.05, 4.69) is 38.2 Å². The Balaban J connectivity index is 5.38. The van der Waals surface area contributed by atoms with Crippen LogP contribution in [0.25, 0.3) is 0 Å². The highest BCUT2D eigenvalue weighted by Gasteiger charge is 2.27. The molecule has 0 aliphatic carbocycles. The minimum atomic E-state index is -4.68. The molecular weight excluding hydrogens is 820 g/mol. The van der Waals surface area contributed by atoms with Crippen molar-refractivity contribution >= 4 is 19.7 Å². The van der Waals surface area contributed by atoms with Crippen LogP contribution in [0.1, 0.15) is 258 Å². The highest BCUT2D eigenvalue weighted by Crippen LogP contribution is 2.38. The van der Waals surface area contributed by atoms with E-state index in [1.54, 1.807) is 0 Å². The second-order valence-electron chi connectivity index (χ2n) is 19.7. The summed E-state index contributed by atoms with van der Waals surface area (Å²) in [6, 6.07) is -0.882. The number of nitrogens with zero attached hydrogens (tertiary/aromatic N) is 1. The predicted molar refractivity (Wildman–Crippen MR) is 270 cm³/mol. The monoisotopic (exact) mass is 925 g/mol. The minimum absolute atomic E-state index is 0.0202. The highest BCUT2D eigenvalue weighted by molar-refractivity contribution is 7.45. The number of hydrogen-bond acceptors (Lipinski definition) is 7. The van der Waals surface area contributed by atoms with Crippen LogP contribution in [0, 0.1) is 0 Å². The Kier molecular flexibility index (Phi) is 44.2. The Labute approximate surface area is 396 Å². The first-order valence-electron chi connectivity index (χ1n) is 27.1. The number of hydrogen-bond donors (Lipinski definition) is 1. The lowest BCUT2D eigenvalue weighted by Gasteiger charge is -2.30. The van der Waals surface area contributed by atoms with E-state index >= 15 is 0 Å². The topological polar surface area (TPSA) is 114 Å². The molecule has 9 nitrogen and oxygen atoms in total. The summed E-state index contributed by atoms with van der Waals surface area (Å²) < 4.78 is 30.1. The standard InChI is InChI=1S/C54H105N2O7P/c1-7-10-13-16-19-22-25-27-28-29-32-34-37-40-43-46-53(57)55-51(50-62-64(59,60)61-49-48-56(4,5)6)52(45-42-39-36-33-31-26-23-20-17-14-11-8-2)63-54(58)47-44-41-38-35-30-24-21-18-15-12-9-3/h22,25,42,45,51-52H,7-21,23-24,26-41,43-44,46-50H2,1-6H3,(H-,55,57,59,60)/b25-22-,45-42+. The molecule has 0 rings (SSSR count). The Morgan fingerprint density at radius 1 is 0.531 bits per heavy atom. The number of unbranched alkanes of at least 4 members (excludes halogenated alkanes) is 31. The second-order valence-corrected chi connectivity index (χ2v) is 21.1. The summed E-state index contributed by atoms with van der Waals surface area (Å²) in [6.45, 7) is 6.82. The molecule has 0 aromatic carbocycles. The molecule has 64 heavy (non-hydrogen) atoms. The van der Waals surface area contributed by atoms with Crippen LogP contribution in [0.5, 0.6) is 0 Å². The van der Waals surface area contributed by atoms with Gasteiger partial charge in [0.15, 0.2) is 0 Å². The van der Waals surface area contributed by atoms with Gasteiger partial charge >= 0.3 is 5.97 Å². The molecule has 378 valence electrons. The number of ether oxygens (including phenoxy) is 1. The van der Waals surface area contributed by atoms with Gasteiger partial charge in [0.25, 0.3) is 7.82 Å². The van der Waals surface area contributed by atoms with Crippen LogP contribution < -0.4 is 10.2 Å². The molecule has 1 amide bonds. The van der Waals surface area contributed by atoms with E-state index in [4.69, 9.17) is 13.8 Å². The van der Waals surface area contributed by atoms with E-state index < -0.39 is 20.0 Å². The number of carbonyl (C=O) groups excluding carboxylic acids is 2. The van der Waals surface area contributed by atoms with E-state index in [-0.39, 0.29) is 31.5 Å². The molecule has 3 unspecified atom stereocenters. The van der Waals surface area contributed by atoms with E-state index in [0.717, 1.165) is 70.6 Å². The average Bonchev–Trinajstić information content (AvgIpc) is 3.25. The Bertz CT molecular complexity index is 1160. The smallest absolute Gasteiger partial charge is 0.306 e. The molecule has 0 aliphatic rings. The van der Waals surface area contributed by atoms with Gasteiger partial charge in [0, 0.05) is 12.8 Å². The second kappa shape index (κ2) is 45.3. The summed E-state index contributed by atoms with van der Waals surface area (Å²) in [6.07, 6.45) is 49.9. The maximum atomic E-state index is 13.4. The van der Waals surface area contributed by atoms with Gasteiger partial charge in [-0.15, -0.1) is 0 Å². The minimum Gasteiger partial charge on any atom is -0.756 e. The molecule has 0 saturated carbocycles. The number of nitrogens with one attached hydrogen (secondary N) is 1. The molecule has 0 aliphatic heterocycles. The maximum absolute atomic E-state index is 13.4. The summed E-state index contributed by atoms with van der Waals surface area (Å²) in [5.74, 6) is -0.539. The van der Waals surface area contributed by atoms with Gasteiger partial charge in [-0.05, 0) is 57.4 Å². The molecule has 0 aromatic heterocycles. The molecule has 0 aromatic rings. The average molecular weight is 925 g/mol. The van der Waals surface area contributed by atoms with E-state index in [9.17, 15) is 19.0 Å². The van der Waals surface area contributed by atoms with Crippen molar-refractivity contribution in [2.75, 3.05) is 40.9 Å². The third-order valence-corrected chi connectivity index (χ3v) is 13.1. The molecule has 3 atom stereocenters. The first-order valence-corrected chi connectivity index (χ1v) is 28.6. The summed E-state index contributed by atoms with van der Waals surface area (Å²) >= 11 is 0. The van der Waals surface area contributed by atoms with E-state index in [1.165, 1.54) is 154 Å². The van der Waals surface area contributed by atoms with Crippen molar-refractivity contribution in [3.63, 3.8) is 0 Å². The van der Waals surface area contributed by atoms with Gasteiger partial charge in [0.1, 0.15) is 19.3 Å². The number of esters is 1. The fourth-order valence-corrected chi connectivity index (χ4v) is 8.59. The number of quaternary nitrogens is 1. The van der Waals surface area contributed by atoms with Crippen molar-refractivity contribution < 1.29 is 37.3 Å². The zero-order valence-electron chi connectivity index (χ0n) is 43.0. The molecule has 0 radical (unpaired) electrons. The summed E-state index contributed by atoms with van der Waals surface area (Å²) in [5, 5.41) is 3.01. The third-order valence-electron chi connectivity index (χ3n) is 12.1. The van der Waals surface area contributed by atoms with Crippen molar-refractivity contribution in [3.8, 4) is 0 Å². The van der Waals surface area contributed by atoms with E-state index in [0.29, 0.717) is 17.4 Å². The van der Waals surface area contributed by atoms with Crippen LogP contribution in [-0.2, 0) is 27.9 Å². The molecule has 1 N–H and O–H groups in total. The SMILES string of the molecule is CCCCCC/C=C\CCCCCCCCCC(=O)NC(COP(=O)([O-])OCC[N+](C)(C)C)C(/C=C/CCCCCCCCCCCC)OC(=O)CCCCCCCCCCCCC. The zero-order chi connectivity index (χ0) is 47.3. The largest absolute Gasteiger partial charge is 0.756 e. The van der Waals surface area contributed by atoms with Crippen LogP contribution in [0.2, 0.25) is 0 Å². The van der Waals surface area contributed by atoms with Crippen molar-refractivity contribution in [2.45, 2.75) is 270 Å². The van der Waals surface area contributed by atoms with Gasteiger partial charge in [-0.2, -0.15) is 0 Å². The number of rotatable bonds is 49. The zero-order valence-corrected chi connectivity index (χ0v) is 43.9. The first kappa shape index (κ1) is 62.5. The number of allylic oxidation sites excluding steroid dienone is 3. The molecule has 0 spiro atoms. The lowest BCUT2D eigenvalue weighted by Crippen LogP contribution is -2.47. The van der Waals surface area contributed by atoms with Gasteiger partial charge in [0.2, 0.25) is 5.91 Å². The molecular formula is C54H105N2O7P. The summed E-state index contributed by atoms with van der Waals surface area (Å²) in [4.78, 5) is 39.7. The van der Waals surface area contributed by atoms with Crippen molar-refractivity contribution in [2.24, 2.45) is 0 Å². The fraction of sp³-hybridized carbons (Fsp3) is 0.889. The number of phosphoric acid groups is 1. The fourth-order valence-electron chi connectivity index (χ4n) is 7.87. The number of likely N-dealkylation sites (N-methyl/N-ethyl adjacent to an activating group) is 1. The molecule has 10 heteroatoms. The predicted octanol–water partition coefficient (Wildman–Crippen LogP) is 15.2. The lowest BCUT2D eigenvalue weighted by molar-refractivity contribution is -0.870. The molecule has 0 bridgehead atoms.